The Balaban J connectivity index is 1.65. The van der Waals surface area contributed by atoms with E-state index < -0.39 is 0 Å². The number of phenols is 1. The molecule has 3 rings (SSSR count). The highest BCUT2D eigenvalue weighted by Crippen LogP contribution is 2.25. The van der Waals surface area contributed by atoms with Gasteiger partial charge in [-0.25, -0.2) is 4.39 Å². The van der Waals surface area contributed by atoms with E-state index in [2.05, 4.69) is 9.80 Å². The maximum Gasteiger partial charge on any atom is 0.123 e. The summed E-state index contributed by atoms with van der Waals surface area (Å²) in [6.45, 7) is 8.39. The fraction of sp³-hybridized carbons (Fsp3) is 0.455. The Bertz CT molecular complexity index is 740. The van der Waals surface area contributed by atoms with E-state index in [1.807, 2.05) is 38.1 Å². The second-order valence-electron chi connectivity index (χ2n) is 7.58. The van der Waals surface area contributed by atoms with Crippen molar-refractivity contribution in [3.63, 3.8) is 0 Å². The van der Waals surface area contributed by atoms with Gasteiger partial charge < -0.3 is 10.2 Å². The summed E-state index contributed by atoms with van der Waals surface area (Å²) in [5.74, 6) is 0.163. The van der Waals surface area contributed by atoms with Crippen molar-refractivity contribution in [3.8, 4) is 5.75 Å². The molecule has 0 bridgehead atoms. The molecule has 0 aromatic heterocycles. The lowest BCUT2D eigenvalue weighted by Gasteiger charge is -2.41. The molecule has 0 amide bonds. The maximum atomic E-state index is 13.1. The molecule has 0 aliphatic carbocycles. The Kier molecular flexibility index (Phi) is 6.47. The Morgan fingerprint density at radius 1 is 1.00 bits per heavy atom. The lowest BCUT2D eigenvalue weighted by molar-refractivity contribution is 0.0499. The molecule has 1 aliphatic heterocycles. The highest BCUT2D eigenvalue weighted by atomic mass is 19.1. The fourth-order valence-electron chi connectivity index (χ4n) is 3.95. The van der Waals surface area contributed by atoms with Crippen molar-refractivity contribution in [3.05, 3.63) is 64.5 Å². The van der Waals surface area contributed by atoms with Gasteiger partial charge in [-0.2, -0.15) is 0 Å². The molecule has 146 valence electrons. The number of phenolic OH excluding ortho intramolecular Hbond substituents is 1. The van der Waals surface area contributed by atoms with Crippen LogP contribution in [0.15, 0.2) is 36.4 Å². The SMILES string of the molecule is Cc1cc(CN2CCN(Cc3ccc(F)cc3)[C@H](CCO)C2)cc(C)c1O. The second kappa shape index (κ2) is 8.83. The molecular weight excluding hydrogens is 343 g/mol. The summed E-state index contributed by atoms with van der Waals surface area (Å²) in [5, 5.41) is 19.5. The van der Waals surface area contributed by atoms with Crippen LogP contribution in [0.1, 0.15) is 28.7 Å². The van der Waals surface area contributed by atoms with E-state index in [4.69, 9.17) is 0 Å². The molecule has 1 fully saturated rings. The van der Waals surface area contributed by atoms with Gasteiger partial charge in [0.1, 0.15) is 11.6 Å². The summed E-state index contributed by atoms with van der Waals surface area (Å²) in [4.78, 5) is 4.79. The molecule has 1 saturated heterocycles. The third-order valence-electron chi connectivity index (χ3n) is 5.41. The normalized spacial score (nSPS) is 18.7. The number of aryl methyl sites for hydroxylation is 2. The Morgan fingerprint density at radius 3 is 2.30 bits per heavy atom. The summed E-state index contributed by atoms with van der Waals surface area (Å²) in [7, 11) is 0. The number of rotatable bonds is 6. The zero-order valence-corrected chi connectivity index (χ0v) is 16.2. The highest BCUT2D eigenvalue weighted by molar-refractivity contribution is 5.42. The van der Waals surface area contributed by atoms with Crippen molar-refractivity contribution >= 4 is 0 Å². The summed E-state index contributed by atoms with van der Waals surface area (Å²) in [6.07, 6.45) is 0.728. The monoisotopic (exact) mass is 372 g/mol. The van der Waals surface area contributed by atoms with Crippen molar-refractivity contribution in [1.29, 1.82) is 0 Å². The highest BCUT2D eigenvalue weighted by Gasteiger charge is 2.26. The number of piperazine rings is 1. The molecule has 2 aromatic rings. The third-order valence-corrected chi connectivity index (χ3v) is 5.41. The lowest BCUT2D eigenvalue weighted by atomic mass is 10.0. The molecule has 0 radical (unpaired) electrons. The largest absolute Gasteiger partial charge is 0.507 e. The minimum absolute atomic E-state index is 0.163. The van der Waals surface area contributed by atoms with Crippen LogP contribution in [-0.2, 0) is 13.1 Å². The molecule has 1 aliphatic rings. The van der Waals surface area contributed by atoms with Crippen molar-refractivity contribution in [2.75, 3.05) is 26.2 Å². The Labute approximate surface area is 160 Å². The number of benzene rings is 2. The molecule has 0 unspecified atom stereocenters. The first-order valence-corrected chi connectivity index (χ1v) is 9.57. The zero-order chi connectivity index (χ0) is 19.4. The zero-order valence-electron chi connectivity index (χ0n) is 16.2. The summed E-state index contributed by atoms with van der Waals surface area (Å²) >= 11 is 0. The van der Waals surface area contributed by atoms with Gasteiger partial charge in [-0.15, -0.1) is 0 Å². The van der Waals surface area contributed by atoms with Crippen LogP contribution in [0.4, 0.5) is 4.39 Å². The Morgan fingerprint density at radius 2 is 1.67 bits per heavy atom. The van der Waals surface area contributed by atoms with Crippen molar-refractivity contribution < 1.29 is 14.6 Å². The quantitative estimate of drug-likeness (QED) is 0.817. The van der Waals surface area contributed by atoms with Gasteiger partial charge >= 0.3 is 0 Å². The van der Waals surface area contributed by atoms with Gasteiger partial charge in [0, 0.05) is 45.4 Å². The molecule has 0 spiro atoms. The molecule has 27 heavy (non-hydrogen) atoms. The Hall–Kier alpha value is -1.95. The smallest absolute Gasteiger partial charge is 0.123 e. The van der Waals surface area contributed by atoms with Crippen LogP contribution in [0, 0.1) is 19.7 Å². The molecule has 1 heterocycles. The average Bonchev–Trinajstić information content (AvgIpc) is 2.64. The van der Waals surface area contributed by atoms with Gasteiger partial charge in [0.25, 0.3) is 0 Å². The number of aliphatic hydroxyl groups is 1. The fourth-order valence-corrected chi connectivity index (χ4v) is 3.95. The average molecular weight is 372 g/mol. The second-order valence-corrected chi connectivity index (χ2v) is 7.58. The van der Waals surface area contributed by atoms with Gasteiger partial charge in [0.05, 0.1) is 0 Å². The van der Waals surface area contributed by atoms with E-state index in [0.717, 1.165) is 55.8 Å². The summed E-state index contributed by atoms with van der Waals surface area (Å²) in [5.41, 5.74) is 4.12. The molecule has 0 saturated carbocycles. The van der Waals surface area contributed by atoms with Crippen molar-refractivity contribution in [1.82, 2.24) is 9.80 Å². The number of aromatic hydroxyl groups is 1. The summed E-state index contributed by atoms with van der Waals surface area (Å²) < 4.78 is 13.1. The number of nitrogens with zero attached hydrogens (tertiary/aromatic N) is 2. The molecular formula is C22H29FN2O2. The van der Waals surface area contributed by atoms with Gasteiger partial charge in [-0.05, 0) is 54.7 Å². The van der Waals surface area contributed by atoms with E-state index in [-0.39, 0.29) is 18.5 Å². The van der Waals surface area contributed by atoms with Crippen molar-refractivity contribution in [2.24, 2.45) is 0 Å². The predicted octanol–water partition coefficient (Wildman–Crippen LogP) is 3.22. The number of hydrogen-bond donors (Lipinski definition) is 2. The van der Waals surface area contributed by atoms with Crippen LogP contribution in [0.3, 0.4) is 0 Å². The van der Waals surface area contributed by atoms with Crippen LogP contribution < -0.4 is 0 Å². The predicted molar refractivity (Wildman–Crippen MR) is 105 cm³/mol. The van der Waals surface area contributed by atoms with Crippen LogP contribution in [0.5, 0.6) is 5.75 Å². The van der Waals surface area contributed by atoms with Gasteiger partial charge in [0.2, 0.25) is 0 Å². The van der Waals surface area contributed by atoms with Crippen LogP contribution in [0.2, 0.25) is 0 Å². The van der Waals surface area contributed by atoms with Crippen LogP contribution in [-0.4, -0.2) is 52.3 Å². The number of hydrogen-bond acceptors (Lipinski definition) is 4. The third kappa shape index (κ3) is 5.06. The minimum Gasteiger partial charge on any atom is -0.507 e. The molecule has 2 N–H and O–H groups in total. The standard InChI is InChI=1S/C22H29FN2O2/c1-16-11-19(12-17(2)22(16)27)13-24-8-9-25(21(15-24)7-10-26)14-18-3-5-20(23)6-4-18/h3-6,11-12,21,26-27H,7-10,13-15H2,1-2H3/t21-/m1/s1. The topological polar surface area (TPSA) is 46.9 Å². The van der Waals surface area contributed by atoms with E-state index in [0.29, 0.717) is 5.75 Å². The maximum absolute atomic E-state index is 13.1. The molecule has 2 aromatic carbocycles. The number of aliphatic hydroxyl groups excluding tert-OH is 1. The minimum atomic E-state index is -0.213. The molecule has 5 heteroatoms. The van der Waals surface area contributed by atoms with E-state index >= 15 is 0 Å². The van der Waals surface area contributed by atoms with Crippen LogP contribution >= 0.6 is 0 Å². The van der Waals surface area contributed by atoms with Crippen molar-refractivity contribution in [2.45, 2.75) is 39.4 Å². The first-order chi connectivity index (χ1) is 13.0. The first kappa shape index (κ1) is 19.8. The van der Waals surface area contributed by atoms with Gasteiger partial charge in [0.15, 0.2) is 0 Å². The van der Waals surface area contributed by atoms with Crippen LogP contribution in [0.25, 0.3) is 0 Å². The number of halogens is 1. The van der Waals surface area contributed by atoms with E-state index in [9.17, 15) is 14.6 Å². The molecule has 4 nitrogen and oxygen atoms in total. The van der Waals surface area contributed by atoms with E-state index in [1.165, 1.54) is 17.7 Å². The van der Waals surface area contributed by atoms with Gasteiger partial charge in [-0.3, -0.25) is 9.80 Å². The summed E-state index contributed by atoms with van der Waals surface area (Å²) in [6, 6.07) is 11.0. The lowest BCUT2D eigenvalue weighted by Crippen LogP contribution is -2.52. The van der Waals surface area contributed by atoms with E-state index in [1.54, 1.807) is 0 Å². The molecule has 1 atom stereocenters. The van der Waals surface area contributed by atoms with Gasteiger partial charge in [-0.1, -0.05) is 24.3 Å². The first-order valence-electron chi connectivity index (χ1n) is 9.57.